The normalized spacial score (nSPS) is 11.4. The zero-order chi connectivity index (χ0) is 24.8. The lowest BCUT2D eigenvalue weighted by atomic mass is 9.99. The molecule has 0 saturated carbocycles. The van der Waals surface area contributed by atoms with Crippen molar-refractivity contribution >= 4 is 0 Å². The lowest BCUT2D eigenvalue weighted by Gasteiger charge is -2.19. The van der Waals surface area contributed by atoms with Crippen LogP contribution in [0.3, 0.4) is 0 Å². The fraction of sp³-hybridized carbons (Fsp3) is 0.647. The maximum absolute atomic E-state index is 2.49. The van der Waals surface area contributed by atoms with Crippen LogP contribution in [0, 0.1) is 0 Å². The third kappa shape index (κ3) is 14.5. The Morgan fingerprint density at radius 2 is 0.914 bits per heavy atom. The third-order valence-electron chi connectivity index (χ3n) is 7.44. The predicted octanol–water partition coefficient (Wildman–Crippen LogP) is 10.8. The van der Waals surface area contributed by atoms with E-state index < -0.39 is 0 Å². The van der Waals surface area contributed by atoms with Crippen molar-refractivity contribution in [1.82, 2.24) is 4.90 Å². The van der Waals surface area contributed by atoms with Gasteiger partial charge in [0.1, 0.15) is 0 Å². The maximum atomic E-state index is 2.49. The van der Waals surface area contributed by atoms with E-state index in [-0.39, 0.29) is 0 Å². The largest absolute Gasteiger partial charge is 0.302 e. The van der Waals surface area contributed by atoms with Gasteiger partial charge >= 0.3 is 0 Å². The minimum Gasteiger partial charge on any atom is -0.302 e. The number of nitrogens with zero attached hydrogens (tertiary/aromatic N) is 1. The highest BCUT2D eigenvalue weighted by Gasteiger charge is 2.07. The molecule has 2 rings (SSSR count). The molecular weight excluding hydrogens is 422 g/mol. The Morgan fingerprint density at radius 3 is 1.43 bits per heavy atom. The van der Waals surface area contributed by atoms with Crippen molar-refractivity contribution in [2.24, 2.45) is 0 Å². The van der Waals surface area contributed by atoms with Crippen molar-refractivity contribution in [2.75, 3.05) is 13.6 Å². The highest BCUT2D eigenvalue weighted by atomic mass is 15.1. The van der Waals surface area contributed by atoms with Gasteiger partial charge in [-0.3, -0.25) is 0 Å². The van der Waals surface area contributed by atoms with Crippen LogP contribution in [-0.4, -0.2) is 18.5 Å². The van der Waals surface area contributed by atoms with Crippen molar-refractivity contribution < 1.29 is 0 Å². The van der Waals surface area contributed by atoms with Gasteiger partial charge in [0, 0.05) is 6.54 Å². The fourth-order valence-corrected chi connectivity index (χ4v) is 5.21. The molecule has 196 valence electrons. The van der Waals surface area contributed by atoms with Gasteiger partial charge in [0.15, 0.2) is 0 Å². The Labute approximate surface area is 218 Å². The Hall–Kier alpha value is -1.60. The summed E-state index contributed by atoms with van der Waals surface area (Å²) in [5.41, 5.74) is 4.13. The van der Waals surface area contributed by atoms with E-state index in [0.29, 0.717) is 0 Å². The molecule has 0 N–H and O–H groups in total. The van der Waals surface area contributed by atoms with Gasteiger partial charge < -0.3 is 4.90 Å². The van der Waals surface area contributed by atoms with Crippen LogP contribution < -0.4 is 0 Å². The van der Waals surface area contributed by atoms with Crippen molar-refractivity contribution in [3.05, 3.63) is 60.2 Å². The van der Waals surface area contributed by atoms with E-state index >= 15 is 0 Å². The Balaban J connectivity index is 1.39. The van der Waals surface area contributed by atoms with Crippen molar-refractivity contribution in [1.29, 1.82) is 0 Å². The van der Waals surface area contributed by atoms with Crippen LogP contribution in [0.2, 0.25) is 0 Å². The summed E-state index contributed by atoms with van der Waals surface area (Å²) in [7, 11) is 2.27. The molecule has 0 bridgehead atoms. The number of benzene rings is 2. The highest BCUT2D eigenvalue weighted by molar-refractivity contribution is 5.67. The van der Waals surface area contributed by atoms with Crippen molar-refractivity contribution in [3.8, 4) is 11.1 Å². The molecule has 0 amide bonds. The third-order valence-corrected chi connectivity index (χ3v) is 7.44. The zero-order valence-corrected chi connectivity index (χ0v) is 23.3. The van der Waals surface area contributed by atoms with Crippen molar-refractivity contribution in [2.45, 2.75) is 129 Å². The smallest absolute Gasteiger partial charge is 0.0236 e. The first kappa shape index (κ1) is 29.6. The second-order valence-electron chi connectivity index (χ2n) is 10.8. The molecule has 0 radical (unpaired) electrons. The van der Waals surface area contributed by atoms with Crippen molar-refractivity contribution in [3.63, 3.8) is 0 Å². The summed E-state index contributed by atoms with van der Waals surface area (Å²) in [5, 5.41) is 0. The van der Waals surface area contributed by atoms with Gasteiger partial charge in [-0.15, -0.1) is 0 Å². The van der Waals surface area contributed by atoms with E-state index in [1.807, 2.05) is 0 Å². The van der Waals surface area contributed by atoms with Gasteiger partial charge in [-0.05, 0) is 36.7 Å². The average Bonchev–Trinajstić information content (AvgIpc) is 2.89. The van der Waals surface area contributed by atoms with Crippen LogP contribution in [-0.2, 0) is 6.54 Å². The molecular formula is C34H55N. The summed E-state index contributed by atoms with van der Waals surface area (Å²) < 4.78 is 0. The molecule has 0 heterocycles. The first-order valence-corrected chi connectivity index (χ1v) is 15.1. The fourth-order valence-electron chi connectivity index (χ4n) is 5.21. The molecule has 0 aromatic heterocycles. The molecule has 0 aliphatic heterocycles. The standard InChI is InChI=1S/C34H55N/c1-3-4-5-6-7-8-9-10-11-12-13-14-15-16-17-18-19-25-30-35(2)31-33-28-23-24-29-34(33)32-26-21-20-22-27-32/h20-24,26-29H,3-19,25,30-31H2,1-2H3. The molecule has 2 aromatic rings. The monoisotopic (exact) mass is 477 g/mol. The summed E-state index contributed by atoms with van der Waals surface area (Å²) in [5.74, 6) is 0. The van der Waals surface area contributed by atoms with Crippen LogP contribution in [0.15, 0.2) is 54.6 Å². The van der Waals surface area contributed by atoms with E-state index in [9.17, 15) is 0 Å². The van der Waals surface area contributed by atoms with E-state index in [1.54, 1.807) is 0 Å². The van der Waals surface area contributed by atoms with Gasteiger partial charge in [0.05, 0.1) is 0 Å². The molecule has 0 aliphatic carbocycles. The Morgan fingerprint density at radius 1 is 0.486 bits per heavy atom. The Bertz CT molecular complexity index is 722. The second kappa shape index (κ2) is 20.6. The molecule has 1 heteroatoms. The van der Waals surface area contributed by atoms with Gasteiger partial charge in [-0.1, -0.05) is 171 Å². The zero-order valence-electron chi connectivity index (χ0n) is 23.3. The number of rotatable bonds is 22. The van der Waals surface area contributed by atoms with Crippen LogP contribution >= 0.6 is 0 Å². The first-order valence-electron chi connectivity index (χ1n) is 15.1. The van der Waals surface area contributed by atoms with Gasteiger partial charge in [-0.2, -0.15) is 0 Å². The Kier molecular flexibility index (Phi) is 17.4. The molecule has 0 unspecified atom stereocenters. The minimum absolute atomic E-state index is 1.03. The summed E-state index contributed by atoms with van der Waals surface area (Å²) in [4.78, 5) is 2.49. The summed E-state index contributed by atoms with van der Waals surface area (Å²) >= 11 is 0. The predicted molar refractivity (Wildman–Crippen MR) is 157 cm³/mol. The summed E-state index contributed by atoms with van der Waals surface area (Å²) in [6.07, 6.45) is 25.9. The van der Waals surface area contributed by atoms with Crippen LogP contribution in [0.1, 0.15) is 128 Å². The van der Waals surface area contributed by atoms with Crippen LogP contribution in [0.4, 0.5) is 0 Å². The summed E-state index contributed by atoms with van der Waals surface area (Å²) in [6.45, 7) is 4.53. The topological polar surface area (TPSA) is 3.24 Å². The molecule has 35 heavy (non-hydrogen) atoms. The molecule has 0 spiro atoms. The lowest BCUT2D eigenvalue weighted by Crippen LogP contribution is -2.19. The number of hydrogen-bond acceptors (Lipinski definition) is 1. The number of unbranched alkanes of at least 4 members (excludes halogenated alkanes) is 17. The maximum Gasteiger partial charge on any atom is 0.0236 e. The van der Waals surface area contributed by atoms with Gasteiger partial charge in [-0.25, -0.2) is 0 Å². The van der Waals surface area contributed by atoms with Crippen LogP contribution in [0.25, 0.3) is 11.1 Å². The van der Waals surface area contributed by atoms with E-state index in [2.05, 4.69) is 73.5 Å². The van der Waals surface area contributed by atoms with E-state index in [4.69, 9.17) is 0 Å². The van der Waals surface area contributed by atoms with Gasteiger partial charge in [0.2, 0.25) is 0 Å². The molecule has 1 nitrogen and oxygen atoms in total. The molecule has 0 aliphatic rings. The highest BCUT2D eigenvalue weighted by Crippen LogP contribution is 2.24. The SMILES string of the molecule is CCCCCCCCCCCCCCCCCCCCN(C)Cc1ccccc1-c1ccccc1. The minimum atomic E-state index is 1.03. The molecule has 0 saturated heterocycles. The second-order valence-corrected chi connectivity index (χ2v) is 10.8. The molecule has 0 fully saturated rings. The summed E-state index contributed by atoms with van der Waals surface area (Å²) in [6, 6.07) is 19.7. The van der Waals surface area contributed by atoms with Gasteiger partial charge in [0.25, 0.3) is 0 Å². The van der Waals surface area contributed by atoms with E-state index in [0.717, 1.165) is 6.54 Å². The van der Waals surface area contributed by atoms with Crippen LogP contribution in [0.5, 0.6) is 0 Å². The molecule has 2 aromatic carbocycles. The number of hydrogen-bond donors (Lipinski definition) is 0. The first-order chi connectivity index (χ1) is 17.3. The lowest BCUT2D eigenvalue weighted by molar-refractivity contribution is 0.316. The molecule has 0 atom stereocenters. The average molecular weight is 478 g/mol. The van der Waals surface area contributed by atoms with E-state index in [1.165, 1.54) is 139 Å². The quantitative estimate of drug-likeness (QED) is 0.152.